The van der Waals surface area contributed by atoms with Crippen LogP contribution >= 0.6 is 11.3 Å². The minimum atomic E-state index is 0.452. The number of ether oxygens (including phenoxy) is 1. The second kappa shape index (κ2) is 6.19. The molecular weight excluding hydrogens is 294 g/mol. The maximum Gasteiger partial charge on any atom is 0.0798 e. The first-order chi connectivity index (χ1) is 10.7. The van der Waals surface area contributed by atoms with E-state index in [-0.39, 0.29) is 0 Å². The van der Waals surface area contributed by atoms with Gasteiger partial charge in [-0.15, -0.1) is 11.3 Å². The fourth-order valence-electron chi connectivity index (χ4n) is 4.28. The van der Waals surface area contributed by atoms with Gasteiger partial charge in [0, 0.05) is 56.7 Å². The van der Waals surface area contributed by atoms with Crippen LogP contribution in [0.1, 0.15) is 29.8 Å². The van der Waals surface area contributed by atoms with E-state index in [2.05, 4.69) is 21.7 Å². The highest BCUT2D eigenvalue weighted by Crippen LogP contribution is 2.37. The highest BCUT2D eigenvalue weighted by Gasteiger charge is 2.45. The minimum Gasteiger partial charge on any atom is -0.381 e. The van der Waals surface area contributed by atoms with Gasteiger partial charge >= 0.3 is 0 Å². The molecule has 5 heteroatoms. The quantitative estimate of drug-likeness (QED) is 0.832. The number of aryl methyl sites for hydroxylation is 1. The molecule has 0 aromatic carbocycles. The maximum atomic E-state index is 5.82. The Hall–Kier alpha value is -0.490. The van der Waals surface area contributed by atoms with Gasteiger partial charge in [0.05, 0.1) is 17.3 Å². The van der Waals surface area contributed by atoms with Crippen molar-refractivity contribution >= 4 is 11.3 Å². The van der Waals surface area contributed by atoms with Gasteiger partial charge in [-0.3, -0.25) is 4.90 Å². The van der Waals surface area contributed by atoms with Crippen molar-refractivity contribution in [3.05, 3.63) is 16.1 Å². The van der Waals surface area contributed by atoms with Gasteiger partial charge in [0.2, 0.25) is 0 Å². The number of likely N-dealkylation sites (tertiary alicyclic amines) is 2. The van der Waals surface area contributed by atoms with Gasteiger partial charge in [0.25, 0.3) is 0 Å². The first kappa shape index (κ1) is 15.1. The highest BCUT2D eigenvalue weighted by atomic mass is 32.1. The Bertz CT molecular complexity index is 516. The minimum absolute atomic E-state index is 0.452. The predicted octanol–water partition coefficient (Wildman–Crippen LogP) is 2.38. The Labute approximate surface area is 137 Å². The Morgan fingerprint density at radius 2 is 2.18 bits per heavy atom. The summed E-state index contributed by atoms with van der Waals surface area (Å²) < 4.78 is 5.82. The fourth-order valence-corrected chi connectivity index (χ4v) is 5.09. The smallest absolute Gasteiger partial charge is 0.0798 e. The number of aromatic nitrogens is 1. The van der Waals surface area contributed by atoms with E-state index >= 15 is 0 Å². The summed E-state index contributed by atoms with van der Waals surface area (Å²) in [6.07, 6.45) is 4.52. The van der Waals surface area contributed by atoms with Crippen LogP contribution in [0, 0.1) is 18.8 Å². The average Bonchev–Trinajstić information content (AvgIpc) is 3.07. The van der Waals surface area contributed by atoms with E-state index in [1.165, 1.54) is 49.5 Å². The fraction of sp³-hybridized carbons (Fsp3) is 0.824. The van der Waals surface area contributed by atoms with Crippen molar-refractivity contribution < 1.29 is 4.74 Å². The second-order valence-electron chi connectivity index (χ2n) is 7.29. The Morgan fingerprint density at radius 3 is 2.86 bits per heavy atom. The van der Waals surface area contributed by atoms with Crippen LogP contribution in [0.3, 0.4) is 0 Å². The lowest BCUT2D eigenvalue weighted by Gasteiger charge is -2.41. The summed E-state index contributed by atoms with van der Waals surface area (Å²) in [6, 6.07) is 0.666. The van der Waals surface area contributed by atoms with Crippen LogP contribution < -0.4 is 0 Å². The lowest BCUT2D eigenvalue weighted by Crippen LogP contribution is -2.50. The van der Waals surface area contributed by atoms with Crippen molar-refractivity contribution in [1.29, 1.82) is 0 Å². The molecular formula is C17H27N3OS. The van der Waals surface area contributed by atoms with Gasteiger partial charge in [-0.2, -0.15) is 0 Å². The first-order valence-corrected chi connectivity index (χ1v) is 9.50. The molecule has 122 valence electrons. The molecule has 3 aliphatic rings. The summed E-state index contributed by atoms with van der Waals surface area (Å²) >= 11 is 1.81. The molecule has 2 aliphatic heterocycles. The third kappa shape index (κ3) is 2.96. The summed E-state index contributed by atoms with van der Waals surface area (Å²) in [6.45, 7) is 8.16. The molecule has 4 rings (SSSR count). The summed E-state index contributed by atoms with van der Waals surface area (Å²) in [5.74, 6) is 1.67. The van der Waals surface area contributed by atoms with E-state index in [4.69, 9.17) is 4.74 Å². The van der Waals surface area contributed by atoms with Crippen LogP contribution in [0.25, 0.3) is 0 Å². The van der Waals surface area contributed by atoms with E-state index in [1.807, 2.05) is 24.0 Å². The maximum absolute atomic E-state index is 5.82. The number of thiazole rings is 1. The van der Waals surface area contributed by atoms with E-state index in [0.717, 1.165) is 19.0 Å². The molecule has 1 aromatic heterocycles. The largest absolute Gasteiger partial charge is 0.381 e. The summed E-state index contributed by atoms with van der Waals surface area (Å²) in [7, 11) is 1.90. The number of rotatable bonds is 5. The van der Waals surface area contributed by atoms with Gasteiger partial charge in [-0.05, 0) is 32.1 Å². The predicted molar refractivity (Wildman–Crippen MR) is 89.1 cm³/mol. The zero-order chi connectivity index (χ0) is 15.1. The molecule has 0 spiro atoms. The van der Waals surface area contributed by atoms with E-state index in [9.17, 15) is 0 Å². The third-order valence-corrected chi connectivity index (χ3v) is 6.68. The number of methoxy groups -OCH3 is 1. The summed E-state index contributed by atoms with van der Waals surface area (Å²) in [5.41, 5.74) is 3.20. The molecule has 4 nitrogen and oxygen atoms in total. The van der Waals surface area contributed by atoms with Crippen LogP contribution in [-0.2, 0) is 11.3 Å². The zero-order valence-corrected chi connectivity index (χ0v) is 14.5. The molecule has 22 heavy (non-hydrogen) atoms. The summed E-state index contributed by atoms with van der Waals surface area (Å²) in [5, 5.41) is 0. The van der Waals surface area contributed by atoms with Crippen molar-refractivity contribution in [1.82, 2.24) is 14.8 Å². The average molecular weight is 321 g/mol. The molecule has 1 saturated carbocycles. The number of piperidine rings is 1. The molecule has 3 heterocycles. The lowest BCUT2D eigenvalue weighted by molar-refractivity contribution is -0.0242. The van der Waals surface area contributed by atoms with Crippen LogP contribution in [-0.4, -0.2) is 60.2 Å². The Balaban J connectivity index is 1.47. The zero-order valence-electron chi connectivity index (χ0n) is 13.7. The van der Waals surface area contributed by atoms with E-state index in [1.54, 1.807) is 0 Å². The van der Waals surface area contributed by atoms with Crippen LogP contribution in [0.2, 0.25) is 0 Å². The molecule has 0 N–H and O–H groups in total. The molecule has 3 atom stereocenters. The Kier molecular flexibility index (Phi) is 4.24. The topological polar surface area (TPSA) is 28.6 Å². The van der Waals surface area contributed by atoms with Crippen LogP contribution in [0.4, 0.5) is 0 Å². The molecule has 3 fully saturated rings. The van der Waals surface area contributed by atoms with Gasteiger partial charge in [-0.25, -0.2) is 4.98 Å². The van der Waals surface area contributed by atoms with Crippen LogP contribution in [0.15, 0.2) is 5.51 Å². The molecule has 2 saturated heterocycles. The van der Waals surface area contributed by atoms with Gasteiger partial charge < -0.3 is 9.64 Å². The van der Waals surface area contributed by atoms with Crippen molar-refractivity contribution in [3.63, 3.8) is 0 Å². The van der Waals surface area contributed by atoms with Gasteiger partial charge in [0.1, 0.15) is 0 Å². The van der Waals surface area contributed by atoms with Crippen molar-refractivity contribution in [2.24, 2.45) is 11.8 Å². The monoisotopic (exact) mass is 321 g/mol. The van der Waals surface area contributed by atoms with Gasteiger partial charge in [0.15, 0.2) is 0 Å². The normalized spacial score (nSPS) is 33.3. The van der Waals surface area contributed by atoms with Gasteiger partial charge in [-0.1, -0.05) is 0 Å². The molecule has 0 amide bonds. The van der Waals surface area contributed by atoms with Crippen molar-refractivity contribution in [2.45, 2.75) is 44.9 Å². The lowest BCUT2D eigenvalue weighted by atomic mass is 9.89. The SMILES string of the molecule is CO[C@@H]1CCN(Cc2scnc2C)[C@@H]2CN(CC3CC3)C[C@@H]21. The number of hydrogen-bond acceptors (Lipinski definition) is 5. The Morgan fingerprint density at radius 1 is 1.32 bits per heavy atom. The number of nitrogens with zero attached hydrogens (tertiary/aromatic N) is 3. The third-order valence-electron chi connectivity index (χ3n) is 5.76. The van der Waals surface area contributed by atoms with E-state index < -0.39 is 0 Å². The second-order valence-corrected chi connectivity index (χ2v) is 8.23. The number of fused-ring (bicyclic) bond motifs is 1. The highest BCUT2D eigenvalue weighted by molar-refractivity contribution is 7.09. The molecule has 1 aliphatic carbocycles. The molecule has 0 unspecified atom stereocenters. The van der Waals surface area contributed by atoms with E-state index in [0.29, 0.717) is 18.1 Å². The molecule has 1 aromatic rings. The number of hydrogen-bond donors (Lipinski definition) is 0. The van der Waals surface area contributed by atoms with Crippen LogP contribution in [0.5, 0.6) is 0 Å². The standard InChI is InChI=1S/C17H27N3OS/c1-12-17(22-11-18-12)10-20-6-5-16(21-2)14-8-19(9-15(14)20)7-13-3-4-13/h11,13-16H,3-10H2,1-2H3/t14-,15+,16+/m0/s1. The van der Waals surface area contributed by atoms with Crippen molar-refractivity contribution in [3.8, 4) is 0 Å². The molecule has 0 bridgehead atoms. The molecule has 0 radical (unpaired) electrons. The van der Waals surface area contributed by atoms with Crippen molar-refractivity contribution in [2.75, 3.05) is 33.3 Å². The summed E-state index contributed by atoms with van der Waals surface area (Å²) in [4.78, 5) is 11.3. The first-order valence-electron chi connectivity index (χ1n) is 8.62.